The van der Waals surface area contributed by atoms with Gasteiger partial charge in [-0.05, 0) is 48.8 Å². The van der Waals surface area contributed by atoms with Crippen molar-refractivity contribution < 1.29 is 17.9 Å². The second-order valence-electron chi connectivity index (χ2n) is 9.16. The number of sulfone groups is 1. The lowest BCUT2D eigenvalue weighted by Crippen LogP contribution is -2.42. The quantitative estimate of drug-likeness (QED) is 0.616. The Morgan fingerprint density at radius 1 is 1.18 bits per heavy atom. The van der Waals surface area contributed by atoms with E-state index >= 15 is 0 Å². The predicted octanol–water partition coefficient (Wildman–Crippen LogP) is 3.42. The summed E-state index contributed by atoms with van der Waals surface area (Å²) in [7, 11) is -2.88. The van der Waals surface area contributed by atoms with Crippen LogP contribution in [0.1, 0.15) is 52.0 Å². The first-order valence-corrected chi connectivity index (χ1v) is 12.3. The van der Waals surface area contributed by atoms with Gasteiger partial charge in [-0.3, -0.25) is 4.90 Å². The van der Waals surface area contributed by atoms with Gasteiger partial charge in [0.05, 0.1) is 24.2 Å². The SMILES string of the molecule is CC(C)(C)c1ccc(OCCCN(CC2CCCO2)C2CCS(=O)(=O)C2)cc1. The molecule has 6 heteroatoms. The summed E-state index contributed by atoms with van der Waals surface area (Å²) in [4.78, 5) is 2.33. The molecule has 0 radical (unpaired) electrons. The molecular weight excluding hydrogens is 374 g/mol. The summed E-state index contributed by atoms with van der Waals surface area (Å²) in [6, 6.07) is 8.45. The van der Waals surface area contributed by atoms with E-state index in [2.05, 4.69) is 37.8 Å². The minimum absolute atomic E-state index is 0.125. The lowest BCUT2D eigenvalue weighted by molar-refractivity contribution is 0.0585. The molecule has 1 aromatic carbocycles. The molecule has 0 N–H and O–H groups in total. The van der Waals surface area contributed by atoms with Crippen molar-refractivity contribution in [1.29, 1.82) is 0 Å². The van der Waals surface area contributed by atoms with Crippen LogP contribution in [0.5, 0.6) is 5.75 Å². The Kier molecular flexibility index (Phi) is 7.05. The topological polar surface area (TPSA) is 55.8 Å². The maximum Gasteiger partial charge on any atom is 0.151 e. The van der Waals surface area contributed by atoms with Crippen molar-refractivity contribution >= 4 is 9.84 Å². The maximum atomic E-state index is 11.9. The Bertz CT molecular complexity index is 718. The van der Waals surface area contributed by atoms with Gasteiger partial charge in [-0.15, -0.1) is 0 Å². The van der Waals surface area contributed by atoms with Crippen molar-refractivity contribution in [3.05, 3.63) is 29.8 Å². The standard InChI is InChI=1S/C22H35NO4S/c1-22(2,3)18-7-9-20(10-8-18)26-14-5-12-23(16-21-6-4-13-27-21)19-11-15-28(24,25)17-19/h7-10,19,21H,4-6,11-17H2,1-3H3. The minimum atomic E-state index is -2.88. The van der Waals surface area contributed by atoms with Crippen LogP contribution in [0.25, 0.3) is 0 Å². The van der Waals surface area contributed by atoms with Crippen LogP contribution in [0, 0.1) is 0 Å². The molecule has 0 saturated carbocycles. The highest BCUT2D eigenvalue weighted by molar-refractivity contribution is 7.91. The van der Waals surface area contributed by atoms with Crippen LogP contribution >= 0.6 is 0 Å². The van der Waals surface area contributed by atoms with Gasteiger partial charge >= 0.3 is 0 Å². The molecule has 2 aliphatic heterocycles. The van der Waals surface area contributed by atoms with E-state index in [0.29, 0.717) is 12.4 Å². The number of hydrogen-bond acceptors (Lipinski definition) is 5. The van der Waals surface area contributed by atoms with Gasteiger partial charge in [0.25, 0.3) is 0 Å². The van der Waals surface area contributed by atoms with Crippen LogP contribution in [0.4, 0.5) is 0 Å². The molecule has 2 heterocycles. The molecule has 0 bridgehead atoms. The normalized spacial score (nSPS) is 24.7. The lowest BCUT2D eigenvalue weighted by Gasteiger charge is -2.30. The molecule has 2 aliphatic rings. The Morgan fingerprint density at radius 2 is 1.93 bits per heavy atom. The number of rotatable bonds is 8. The smallest absolute Gasteiger partial charge is 0.151 e. The largest absolute Gasteiger partial charge is 0.494 e. The van der Waals surface area contributed by atoms with Gasteiger partial charge in [0.1, 0.15) is 5.75 Å². The van der Waals surface area contributed by atoms with Crippen LogP contribution in [-0.4, -0.2) is 63.3 Å². The third kappa shape index (κ3) is 6.19. The van der Waals surface area contributed by atoms with Gasteiger partial charge in [-0.25, -0.2) is 8.42 Å². The molecule has 1 aromatic rings. The van der Waals surface area contributed by atoms with Crippen LogP contribution in [0.3, 0.4) is 0 Å². The first-order chi connectivity index (χ1) is 13.2. The molecule has 28 heavy (non-hydrogen) atoms. The molecule has 5 nitrogen and oxygen atoms in total. The minimum Gasteiger partial charge on any atom is -0.494 e. The highest BCUT2D eigenvalue weighted by Crippen LogP contribution is 2.25. The van der Waals surface area contributed by atoms with Crippen molar-refractivity contribution in [3.63, 3.8) is 0 Å². The average Bonchev–Trinajstić information content (AvgIpc) is 3.26. The Labute approximate surface area is 170 Å². The van der Waals surface area contributed by atoms with E-state index in [1.807, 2.05) is 12.1 Å². The van der Waals surface area contributed by atoms with Gasteiger partial charge < -0.3 is 9.47 Å². The summed E-state index contributed by atoms with van der Waals surface area (Å²) in [5.74, 6) is 1.49. The number of hydrogen-bond donors (Lipinski definition) is 0. The molecule has 0 aromatic heterocycles. The second kappa shape index (κ2) is 9.14. The molecule has 0 amide bonds. The summed E-state index contributed by atoms with van der Waals surface area (Å²) >= 11 is 0. The summed E-state index contributed by atoms with van der Waals surface area (Å²) < 4.78 is 35.5. The van der Waals surface area contributed by atoms with Gasteiger partial charge in [-0.1, -0.05) is 32.9 Å². The van der Waals surface area contributed by atoms with Crippen LogP contribution in [0.15, 0.2) is 24.3 Å². The fourth-order valence-electron chi connectivity index (χ4n) is 4.05. The Hall–Kier alpha value is -1.11. The van der Waals surface area contributed by atoms with Gasteiger partial charge in [-0.2, -0.15) is 0 Å². The molecular formula is C22H35NO4S. The van der Waals surface area contributed by atoms with E-state index in [4.69, 9.17) is 9.47 Å². The van der Waals surface area contributed by atoms with Crippen molar-refractivity contribution in [2.75, 3.05) is 37.8 Å². The third-order valence-electron chi connectivity index (χ3n) is 5.77. The first kappa shape index (κ1) is 21.6. The summed E-state index contributed by atoms with van der Waals surface area (Å²) in [5, 5.41) is 0. The van der Waals surface area contributed by atoms with E-state index in [1.165, 1.54) is 5.56 Å². The van der Waals surface area contributed by atoms with E-state index in [-0.39, 0.29) is 23.3 Å². The molecule has 0 aliphatic carbocycles. The zero-order chi connectivity index (χ0) is 20.2. The molecule has 2 saturated heterocycles. The maximum absolute atomic E-state index is 11.9. The van der Waals surface area contributed by atoms with E-state index in [9.17, 15) is 8.42 Å². The lowest BCUT2D eigenvalue weighted by atomic mass is 9.87. The number of ether oxygens (including phenoxy) is 2. The predicted molar refractivity (Wildman–Crippen MR) is 113 cm³/mol. The van der Waals surface area contributed by atoms with Crippen molar-refractivity contribution in [1.82, 2.24) is 4.90 Å². The van der Waals surface area contributed by atoms with E-state index in [1.54, 1.807) is 0 Å². The average molecular weight is 410 g/mol. The molecule has 0 spiro atoms. The second-order valence-corrected chi connectivity index (χ2v) is 11.4. The molecule has 2 atom stereocenters. The summed E-state index contributed by atoms with van der Waals surface area (Å²) in [5.41, 5.74) is 1.44. The van der Waals surface area contributed by atoms with E-state index < -0.39 is 9.84 Å². The molecule has 2 fully saturated rings. The first-order valence-electron chi connectivity index (χ1n) is 10.5. The van der Waals surface area contributed by atoms with Crippen LogP contribution in [-0.2, 0) is 20.0 Å². The fourth-order valence-corrected chi connectivity index (χ4v) is 5.81. The van der Waals surface area contributed by atoms with Crippen LogP contribution < -0.4 is 4.74 Å². The summed E-state index contributed by atoms with van der Waals surface area (Å²) in [6.45, 7) is 9.75. The zero-order valence-electron chi connectivity index (χ0n) is 17.5. The molecule has 2 unspecified atom stereocenters. The monoisotopic (exact) mass is 409 g/mol. The summed E-state index contributed by atoms with van der Waals surface area (Å²) in [6.07, 6.45) is 4.05. The number of nitrogens with zero attached hydrogens (tertiary/aromatic N) is 1. The van der Waals surface area contributed by atoms with Gasteiger partial charge in [0.15, 0.2) is 9.84 Å². The van der Waals surface area contributed by atoms with Crippen molar-refractivity contribution in [3.8, 4) is 5.75 Å². The van der Waals surface area contributed by atoms with Crippen molar-refractivity contribution in [2.45, 2.75) is 64.0 Å². The fraction of sp³-hybridized carbons (Fsp3) is 0.727. The Morgan fingerprint density at radius 3 is 2.50 bits per heavy atom. The van der Waals surface area contributed by atoms with Gasteiger partial charge in [0.2, 0.25) is 0 Å². The zero-order valence-corrected chi connectivity index (χ0v) is 18.3. The number of benzene rings is 1. The third-order valence-corrected chi connectivity index (χ3v) is 7.52. The highest BCUT2D eigenvalue weighted by atomic mass is 32.2. The highest BCUT2D eigenvalue weighted by Gasteiger charge is 2.33. The van der Waals surface area contributed by atoms with Crippen LogP contribution in [0.2, 0.25) is 0 Å². The van der Waals surface area contributed by atoms with Crippen molar-refractivity contribution in [2.24, 2.45) is 0 Å². The molecule has 158 valence electrons. The van der Waals surface area contributed by atoms with Gasteiger partial charge in [0, 0.05) is 25.7 Å². The Balaban J connectivity index is 1.49. The van der Waals surface area contributed by atoms with E-state index in [0.717, 1.165) is 51.1 Å². The molecule has 3 rings (SSSR count).